The van der Waals surface area contributed by atoms with Crippen LogP contribution in [0.4, 0.5) is 30.2 Å². The number of nitro benzene ring substituents is 1. The largest absolute Gasteiger partial charge is 0.471 e. The van der Waals surface area contributed by atoms with E-state index in [2.05, 4.69) is 4.99 Å². The van der Waals surface area contributed by atoms with Crippen LogP contribution < -0.4 is 4.90 Å². The molecule has 196 valence electrons. The molecule has 1 aromatic heterocycles. The van der Waals surface area contributed by atoms with Crippen LogP contribution in [0.25, 0.3) is 11.3 Å². The fraction of sp³-hybridized carbons (Fsp3) is 0.296. The first-order chi connectivity index (χ1) is 17.9. The van der Waals surface area contributed by atoms with Crippen molar-refractivity contribution in [1.29, 1.82) is 0 Å². The van der Waals surface area contributed by atoms with Crippen LogP contribution in [0.15, 0.2) is 70.1 Å². The van der Waals surface area contributed by atoms with Crippen LogP contribution in [0.1, 0.15) is 38.5 Å². The summed E-state index contributed by atoms with van der Waals surface area (Å²) in [5.74, 6) is -3.61. The van der Waals surface area contributed by atoms with Crippen molar-refractivity contribution >= 4 is 34.5 Å². The number of Topliss-reactive ketones (excluding diaryl/α,β-unsaturated/α-hetero) is 1. The van der Waals surface area contributed by atoms with E-state index in [1.54, 1.807) is 12.1 Å². The van der Waals surface area contributed by atoms with E-state index in [0.29, 0.717) is 22.6 Å². The molecule has 38 heavy (non-hydrogen) atoms. The van der Waals surface area contributed by atoms with Gasteiger partial charge in [-0.25, -0.2) is 0 Å². The van der Waals surface area contributed by atoms with Gasteiger partial charge in [0.25, 0.3) is 5.69 Å². The summed E-state index contributed by atoms with van der Waals surface area (Å²) in [5, 5.41) is 11.2. The Bertz CT molecular complexity index is 1490. The van der Waals surface area contributed by atoms with Gasteiger partial charge in [0.1, 0.15) is 23.3 Å². The normalized spacial score (nSPS) is 20.7. The molecule has 1 saturated carbocycles. The van der Waals surface area contributed by atoms with Gasteiger partial charge in [0.15, 0.2) is 0 Å². The molecule has 5 rings (SSSR count). The summed E-state index contributed by atoms with van der Waals surface area (Å²) in [5.41, 5.74) is 0.0560. The fourth-order valence-electron chi connectivity index (χ4n) is 5.22. The number of anilines is 1. The first-order valence-electron chi connectivity index (χ1n) is 11.8. The smallest absolute Gasteiger partial charge is 0.459 e. The molecule has 1 amide bonds. The predicted molar refractivity (Wildman–Crippen MR) is 132 cm³/mol. The van der Waals surface area contributed by atoms with Gasteiger partial charge in [0, 0.05) is 29.8 Å². The molecule has 0 bridgehead atoms. The first kappa shape index (κ1) is 25.4. The Morgan fingerprint density at radius 1 is 1.11 bits per heavy atom. The molecule has 8 nitrogen and oxygen atoms in total. The average Bonchev–Trinajstić information content (AvgIpc) is 3.27. The Morgan fingerprint density at radius 2 is 1.84 bits per heavy atom. The van der Waals surface area contributed by atoms with Gasteiger partial charge in [0.05, 0.1) is 22.2 Å². The second-order valence-corrected chi connectivity index (χ2v) is 10.2. The Balaban J connectivity index is 1.72. The average molecular weight is 525 g/mol. The third kappa shape index (κ3) is 4.48. The summed E-state index contributed by atoms with van der Waals surface area (Å²) < 4.78 is 47.9. The zero-order chi connectivity index (χ0) is 27.4. The topological polar surface area (TPSA) is 106 Å². The molecule has 0 radical (unpaired) electrons. The summed E-state index contributed by atoms with van der Waals surface area (Å²) in [4.78, 5) is 42.3. The van der Waals surface area contributed by atoms with Crippen LogP contribution in [-0.4, -0.2) is 28.5 Å². The number of nitrogens with zero attached hydrogens (tertiary/aromatic N) is 3. The molecular weight excluding hydrogens is 503 g/mol. The highest BCUT2D eigenvalue weighted by Crippen LogP contribution is 2.49. The number of alkyl halides is 3. The maximum Gasteiger partial charge on any atom is 0.471 e. The fourth-order valence-corrected chi connectivity index (χ4v) is 5.22. The highest BCUT2D eigenvalue weighted by molar-refractivity contribution is 6.13. The third-order valence-corrected chi connectivity index (χ3v) is 6.74. The Labute approximate surface area is 214 Å². The van der Waals surface area contributed by atoms with E-state index in [9.17, 15) is 32.9 Å². The number of carbonyl (C=O) groups excluding carboxylic acids is 2. The Morgan fingerprint density at radius 3 is 2.55 bits per heavy atom. The molecule has 0 N–H and O–H groups in total. The number of fused-ring (bicyclic) bond motifs is 2. The number of ketones is 1. The molecule has 1 unspecified atom stereocenters. The zero-order valence-electron chi connectivity index (χ0n) is 20.4. The highest BCUT2D eigenvalue weighted by Gasteiger charge is 2.53. The molecule has 1 fully saturated rings. The molecule has 0 spiro atoms. The predicted octanol–water partition coefficient (Wildman–Crippen LogP) is 6.58. The molecule has 1 aliphatic carbocycles. The second-order valence-electron chi connectivity index (χ2n) is 10.2. The van der Waals surface area contributed by atoms with Crippen molar-refractivity contribution in [2.45, 2.75) is 38.9 Å². The Hall–Kier alpha value is -4.28. The van der Waals surface area contributed by atoms with E-state index in [-0.39, 0.29) is 40.8 Å². The number of halogens is 3. The number of hydrogen-bond acceptors (Lipinski definition) is 6. The lowest BCUT2D eigenvalue weighted by atomic mass is 9.68. The Kier molecular flexibility index (Phi) is 5.96. The quantitative estimate of drug-likeness (QED) is 0.284. The standard InChI is InChI=1S/C27H22F3N3O5/c1-26(2)13-18-23(20(34)14-26)24(22-11-10-21(38-22)15-6-5-7-16(12-15)33(36)37)32(25(35)27(28,29)30)19-9-4-3-8-17(19)31-18/h3-12,23-24H,13-14H2,1-2H3/t23?,24-/m1/s1. The number of furan rings is 1. The minimum atomic E-state index is -5.25. The summed E-state index contributed by atoms with van der Waals surface area (Å²) in [6.45, 7) is 3.75. The molecule has 2 aromatic carbocycles. The lowest BCUT2D eigenvalue weighted by molar-refractivity contribution is -0.384. The highest BCUT2D eigenvalue weighted by atomic mass is 19.4. The number of carbonyl (C=O) groups is 2. The minimum Gasteiger partial charge on any atom is -0.459 e. The third-order valence-electron chi connectivity index (χ3n) is 6.74. The van der Waals surface area contributed by atoms with Crippen LogP contribution >= 0.6 is 0 Å². The van der Waals surface area contributed by atoms with E-state index < -0.39 is 34.4 Å². The van der Waals surface area contributed by atoms with Crippen molar-refractivity contribution in [3.05, 3.63) is 76.5 Å². The zero-order valence-corrected chi connectivity index (χ0v) is 20.4. The number of benzene rings is 2. The summed E-state index contributed by atoms with van der Waals surface area (Å²) >= 11 is 0. The van der Waals surface area contributed by atoms with Crippen molar-refractivity contribution in [3.63, 3.8) is 0 Å². The van der Waals surface area contributed by atoms with Gasteiger partial charge in [-0.15, -0.1) is 0 Å². The number of nitro groups is 1. The van der Waals surface area contributed by atoms with Crippen LogP contribution in [0.3, 0.4) is 0 Å². The van der Waals surface area contributed by atoms with E-state index in [4.69, 9.17) is 4.42 Å². The van der Waals surface area contributed by atoms with Gasteiger partial charge in [-0.05, 0) is 36.1 Å². The molecule has 11 heteroatoms. The van der Waals surface area contributed by atoms with E-state index in [1.807, 2.05) is 13.8 Å². The van der Waals surface area contributed by atoms with Gasteiger partial charge in [-0.3, -0.25) is 29.6 Å². The van der Waals surface area contributed by atoms with Gasteiger partial charge in [-0.1, -0.05) is 38.1 Å². The van der Waals surface area contributed by atoms with Gasteiger partial charge in [0.2, 0.25) is 0 Å². The van der Waals surface area contributed by atoms with Crippen molar-refractivity contribution in [2.24, 2.45) is 16.3 Å². The second kappa shape index (κ2) is 8.93. The lowest BCUT2D eigenvalue weighted by Crippen LogP contribution is -2.50. The minimum absolute atomic E-state index is 0.0634. The van der Waals surface area contributed by atoms with E-state index in [1.165, 1.54) is 48.5 Å². The van der Waals surface area contributed by atoms with Gasteiger partial charge < -0.3 is 4.42 Å². The van der Waals surface area contributed by atoms with Crippen molar-refractivity contribution in [1.82, 2.24) is 0 Å². The van der Waals surface area contributed by atoms with E-state index in [0.717, 1.165) is 0 Å². The van der Waals surface area contributed by atoms with Crippen molar-refractivity contribution in [3.8, 4) is 11.3 Å². The molecule has 1 aliphatic heterocycles. The molecule has 2 aliphatic rings. The number of hydrogen-bond donors (Lipinski definition) is 0. The molecule has 3 aromatic rings. The van der Waals surface area contributed by atoms with Crippen LogP contribution in [0, 0.1) is 21.4 Å². The molecular formula is C27H22F3N3O5. The first-order valence-corrected chi connectivity index (χ1v) is 11.8. The van der Waals surface area contributed by atoms with Gasteiger partial charge in [-0.2, -0.15) is 13.2 Å². The van der Waals surface area contributed by atoms with Crippen molar-refractivity contribution in [2.75, 3.05) is 4.90 Å². The number of aliphatic imine (C=N–C) groups is 1. The maximum atomic E-state index is 14.0. The monoisotopic (exact) mass is 525 g/mol. The van der Waals surface area contributed by atoms with E-state index >= 15 is 0 Å². The van der Waals surface area contributed by atoms with Crippen LogP contribution in [0.2, 0.25) is 0 Å². The lowest BCUT2D eigenvalue weighted by Gasteiger charge is -2.39. The molecule has 2 heterocycles. The number of rotatable bonds is 3. The maximum absolute atomic E-state index is 14.0. The molecule has 0 saturated heterocycles. The summed E-state index contributed by atoms with van der Waals surface area (Å²) in [6.07, 6.45) is -4.83. The summed E-state index contributed by atoms with van der Waals surface area (Å²) in [7, 11) is 0. The number of non-ortho nitro benzene ring substituents is 1. The molecule has 2 atom stereocenters. The summed E-state index contributed by atoms with van der Waals surface area (Å²) in [6, 6.07) is 12.9. The SMILES string of the molecule is CC1(C)CC(=O)C2C(=Nc3ccccc3N(C(=O)C(F)(F)F)[C@@H]2c2ccc(-c3cccc([N+](=O)[O-])c3)o2)C1. The van der Waals surface area contributed by atoms with Gasteiger partial charge >= 0.3 is 12.1 Å². The van der Waals surface area contributed by atoms with Crippen LogP contribution in [0.5, 0.6) is 0 Å². The van der Waals surface area contributed by atoms with Crippen molar-refractivity contribution < 1.29 is 32.1 Å². The number of para-hydroxylation sites is 2. The number of amides is 1. The van der Waals surface area contributed by atoms with Crippen LogP contribution in [-0.2, 0) is 9.59 Å².